The van der Waals surface area contributed by atoms with E-state index >= 15 is 0 Å². The van der Waals surface area contributed by atoms with Crippen molar-refractivity contribution in [3.05, 3.63) is 29.8 Å². The molecule has 1 aromatic carbocycles. The van der Waals surface area contributed by atoms with Crippen LogP contribution < -0.4 is 5.32 Å². The summed E-state index contributed by atoms with van der Waals surface area (Å²) in [5.41, 5.74) is 1.64. The number of likely N-dealkylation sites (N-methyl/N-ethyl adjacent to an activating group) is 1. The van der Waals surface area contributed by atoms with E-state index in [-0.39, 0.29) is 12.2 Å². The van der Waals surface area contributed by atoms with Gasteiger partial charge >= 0.3 is 0 Å². The highest BCUT2D eigenvalue weighted by Crippen LogP contribution is 2.10. The molecule has 0 heterocycles. The van der Waals surface area contributed by atoms with Crippen LogP contribution in [0, 0.1) is 0 Å². The van der Waals surface area contributed by atoms with Gasteiger partial charge in [0.05, 0.1) is 0 Å². The van der Waals surface area contributed by atoms with Crippen molar-refractivity contribution in [3.63, 3.8) is 0 Å². The van der Waals surface area contributed by atoms with Crippen LogP contribution in [0.4, 0.5) is 5.69 Å². The normalized spacial score (nSPS) is 9.67. The topological polar surface area (TPSA) is 66.5 Å². The standard InChI is InChI=1S/C13H16N2O3/c1-10(17)15(2)8-7-11-3-5-12(6-4-11)14-13(18)9-16/h3-6,9H,7-8H2,1-2H3,(H,14,18). The van der Waals surface area contributed by atoms with Gasteiger partial charge in [-0.25, -0.2) is 0 Å². The lowest BCUT2D eigenvalue weighted by Gasteiger charge is -2.14. The Morgan fingerprint density at radius 1 is 1.28 bits per heavy atom. The smallest absolute Gasteiger partial charge is 0.288 e. The zero-order chi connectivity index (χ0) is 13.5. The number of nitrogens with one attached hydrogen (secondary N) is 1. The summed E-state index contributed by atoms with van der Waals surface area (Å²) in [6.45, 7) is 2.17. The summed E-state index contributed by atoms with van der Waals surface area (Å²) in [5.74, 6) is -0.635. The molecule has 1 rings (SSSR count). The molecule has 18 heavy (non-hydrogen) atoms. The van der Waals surface area contributed by atoms with Crippen LogP contribution in [0.1, 0.15) is 12.5 Å². The Labute approximate surface area is 106 Å². The van der Waals surface area contributed by atoms with E-state index in [0.717, 1.165) is 12.0 Å². The Hall–Kier alpha value is -2.17. The first-order valence-corrected chi connectivity index (χ1v) is 5.59. The molecule has 5 nitrogen and oxygen atoms in total. The maximum Gasteiger partial charge on any atom is 0.288 e. The monoisotopic (exact) mass is 248 g/mol. The molecule has 0 fully saturated rings. The van der Waals surface area contributed by atoms with Crippen LogP contribution >= 0.6 is 0 Å². The molecule has 2 amide bonds. The van der Waals surface area contributed by atoms with Gasteiger partial charge in [-0.2, -0.15) is 0 Å². The molecular formula is C13H16N2O3. The molecular weight excluding hydrogens is 232 g/mol. The number of nitrogens with zero attached hydrogens (tertiary/aromatic N) is 1. The Kier molecular flexibility index (Phi) is 5.05. The fourth-order valence-electron chi connectivity index (χ4n) is 1.38. The highest BCUT2D eigenvalue weighted by Gasteiger charge is 2.03. The maximum atomic E-state index is 11.0. The van der Waals surface area contributed by atoms with E-state index in [2.05, 4.69) is 5.32 Å². The Morgan fingerprint density at radius 2 is 1.89 bits per heavy atom. The van der Waals surface area contributed by atoms with Crippen LogP contribution in [0.5, 0.6) is 0 Å². The second-order valence-corrected chi connectivity index (χ2v) is 3.99. The van der Waals surface area contributed by atoms with E-state index < -0.39 is 5.91 Å². The molecule has 0 spiro atoms. The number of hydrogen-bond donors (Lipinski definition) is 1. The maximum absolute atomic E-state index is 11.0. The highest BCUT2D eigenvalue weighted by molar-refractivity contribution is 6.29. The SMILES string of the molecule is CC(=O)N(C)CCc1ccc(NC(=O)C=O)cc1. The first-order chi connectivity index (χ1) is 8.52. The molecule has 0 saturated carbocycles. The average Bonchev–Trinajstić information content (AvgIpc) is 2.37. The van der Waals surface area contributed by atoms with Gasteiger partial charge in [-0.3, -0.25) is 14.4 Å². The van der Waals surface area contributed by atoms with Crippen molar-refractivity contribution < 1.29 is 14.4 Å². The minimum absolute atomic E-state index is 0.0323. The predicted molar refractivity (Wildman–Crippen MR) is 68.2 cm³/mol. The lowest BCUT2D eigenvalue weighted by atomic mass is 10.1. The molecule has 0 unspecified atom stereocenters. The second-order valence-electron chi connectivity index (χ2n) is 3.99. The molecule has 1 N–H and O–H groups in total. The average molecular weight is 248 g/mol. The summed E-state index contributed by atoms with van der Waals surface area (Å²) in [4.78, 5) is 33.7. The van der Waals surface area contributed by atoms with Gasteiger partial charge in [0.15, 0.2) is 0 Å². The number of hydrogen-bond acceptors (Lipinski definition) is 3. The molecule has 0 aliphatic rings. The third-order valence-corrected chi connectivity index (χ3v) is 2.60. The van der Waals surface area contributed by atoms with E-state index in [0.29, 0.717) is 12.2 Å². The molecule has 0 aromatic heterocycles. The minimum Gasteiger partial charge on any atom is -0.346 e. The van der Waals surface area contributed by atoms with Crippen molar-refractivity contribution in [3.8, 4) is 0 Å². The lowest BCUT2D eigenvalue weighted by Crippen LogP contribution is -2.26. The molecule has 0 radical (unpaired) electrons. The molecule has 1 aromatic rings. The molecule has 0 saturated heterocycles. The molecule has 5 heteroatoms. The van der Waals surface area contributed by atoms with Gasteiger partial charge in [-0.05, 0) is 24.1 Å². The van der Waals surface area contributed by atoms with Crippen molar-refractivity contribution in [1.82, 2.24) is 4.90 Å². The van der Waals surface area contributed by atoms with E-state index in [9.17, 15) is 14.4 Å². The van der Waals surface area contributed by atoms with Crippen LogP contribution in [0.15, 0.2) is 24.3 Å². The largest absolute Gasteiger partial charge is 0.346 e. The quantitative estimate of drug-likeness (QED) is 0.620. The summed E-state index contributed by atoms with van der Waals surface area (Å²) in [7, 11) is 1.75. The van der Waals surface area contributed by atoms with Crippen molar-refractivity contribution in [1.29, 1.82) is 0 Å². The minimum atomic E-state index is -0.668. The van der Waals surface area contributed by atoms with Gasteiger partial charge in [-0.15, -0.1) is 0 Å². The fraction of sp³-hybridized carbons (Fsp3) is 0.308. The van der Waals surface area contributed by atoms with E-state index in [4.69, 9.17) is 0 Å². The summed E-state index contributed by atoms with van der Waals surface area (Å²) < 4.78 is 0. The van der Waals surface area contributed by atoms with Crippen LogP contribution in [-0.4, -0.2) is 36.6 Å². The number of aldehydes is 1. The number of rotatable bonds is 5. The van der Waals surface area contributed by atoms with E-state index in [1.165, 1.54) is 6.92 Å². The number of carbonyl (C=O) groups is 3. The van der Waals surface area contributed by atoms with Crippen molar-refractivity contribution >= 4 is 23.8 Å². The van der Waals surface area contributed by atoms with E-state index in [1.54, 1.807) is 24.1 Å². The van der Waals surface area contributed by atoms with Crippen LogP contribution in [0.25, 0.3) is 0 Å². The third kappa shape index (κ3) is 4.37. The summed E-state index contributed by atoms with van der Waals surface area (Å²) in [5, 5.41) is 2.43. The molecule has 96 valence electrons. The zero-order valence-corrected chi connectivity index (χ0v) is 10.5. The third-order valence-electron chi connectivity index (χ3n) is 2.60. The van der Waals surface area contributed by atoms with Crippen LogP contribution in [-0.2, 0) is 20.8 Å². The number of amides is 2. The Balaban J connectivity index is 2.52. The van der Waals surface area contributed by atoms with Crippen LogP contribution in [0.3, 0.4) is 0 Å². The van der Waals surface area contributed by atoms with Gasteiger partial charge in [0.1, 0.15) is 0 Å². The van der Waals surface area contributed by atoms with Gasteiger partial charge in [0.2, 0.25) is 12.2 Å². The van der Waals surface area contributed by atoms with Gasteiger partial charge in [0.25, 0.3) is 5.91 Å². The zero-order valence-electron chi connectivity index (χ0n) is 10.5. The first kappa shape index (κ1) is 13.9. The van der Waals surface area contributed by atoms with Crippen LogP contribution in [0.2, 0.25) is 0 Å². The molecule has 0 atom stereocenters. The van der Waals surface area contributed by atoms with E-state index in [1.807, 2.05) is 12.1 Å². The van der Waals surface area contributed by atoms with Gasteiger partial charge < -0.3 is 10.2 Å². The fourth-order valence-corrected chi connectivity index (χ4v) is 1.38. The summed E-state index contributed by atoms with van der Waals surface area (Å²) in [6.07, 6.45) is 0.980. The number of benzene rings is 1. The van der Waals surface area contributed by atoms with Gasteiger partial charge in [-0.1, -0.05) is 12.1 Å². The van der Waals surface area contributed by atoms with Crippen molar-refractivity contribution in [2.45, 2.75) is 13.3 Å². The predicted octanol–water partition coefficient (Wildman–Crippen LogP) is 0.845. The lowest BCUT2D eigenvalue weighted by molar-refractivity contribution is -0.127. The van der Waals surface area contributed by atoms with Crippen molar-refractivity contribution in [2.24, 2.45) is 0 Å². The summed E-state index contributed by atoms with van der Waals surface area (Å²) >= 11 is 0. The second kappa shape index (κ2) is 6.54. The molecule has 0 aliphatic heterocycles. The number of anilines is 1. The highest BCUT2D eigenvalue weighted by atomic mass is 16.2. The summed E-state index contributed by atoms with van der Waals surface area (Å²) in [6, 6.07) is 7.16. The first-order valence-electron chi connectivity index (χ1n) is 5.59. The molecule has 0 aliphatic carbocycles. The molecule has 0 bridgehead atoms. The van der Waals surface area contributed by atoms with Gasteiger partial charge in [0, 0.05) is 26.2 Å². The van der Waals surface area contributed by atoms with Crippen molar-refractivity contribution in [2.75, 3.05) is 18.9 Å². The Morgan fingerprint density at radius 3 is 2.39 bits per heavy atom. The Bertz CT molecular complexity index is 440. The number of carbonyl (C=O) groups excluding carboxylic acids is 3.